The van der Waals surface area contributed by atoms with Crippen LogP contribution in [0.2, 0.25) is 5.02 Å². The van der Waals surface area contributed by atoms with Gasteiger partial charge in [0.15, 0.2) is 6.61 Å². The first-order valence-corrected chi connectivity index (χ1v) is 7.84. The Morgan fingerprint density at radius 2 is 2.00 bits per heavy atom. The number of urea groups is 1. The maximum atomic E-state index is 11.8. The molecule has 7 heteroatoms. The highest BCUT2D eigenvalue weighted by atomic mass is 35.5. The first kappa shape index (κ1) is 16.1. The Labute approximate surface area is 144 Å². The average molecular weight is 346 g/mol. The summed E-state index contributed by atoms with van der Waals surface area (Å²) in [6.07, 6.45) is 0.636. The Hall–Kier alpha value is -2.73. The van der Waals surface area contributed by atoms with Crippen molar-refractivity contribution in [3.05, 3.63) is 53.1 Å². The summed E-state index contributed by atoms with van der Waals surface area (Å²) in [6.45, 7) is 0.506. The van der Waals surface area contributed by atoms with E-state index in [0.717, 1.165) is 5.56 Å². The van der Waals surface area contributed by atoms with Gasteiger partial charge in [-0.2, -0.15) is 0 Å². The van der Waals surface area contributed by atoms with Gasteiger partial charge in [-0.25, -0.2) is 4.79 Å². The van der Waals surface area contributed by atoms with E-state index in [0.29, 0.717) is 35.1 Å². The lowest BCUT2D eigenvalue weighted by Gasteiger charge is -2.18. The van der Waals surface area contributed by atoms with Crippen LogP contribution in [0.3, 0.4) is 0 Å². The Morgan fingerprint density at radius 3 is 2.79 bits per heavy atom. The van der Waals surface area contributed by atoms with E-state index in [4.69, 9.17) is 16.3 Å². The minimum Gasteiger partial charge on any atom is -0.482 e. The molecule has 3 N–H and O–H groups in total. The zero-order chi connectivity index (χ0) is 16.9. The van der Waals surface area contributed by atoms with Crippen molar-refractivity contribution in [1.29, 1.82) is 0 Å². The van der Waals surface area contributed by atoms with Crippen LogP contribution in [-0.4, -0.2) is 25.1 Å². The largest absolute Gasteiger partial charge is 0.482 e. The van der Waals surface area contributed by atoms with E-state index in [1.807, 2.05) is 18.2 Å². The monoisotopic (exact) mass is 345 g/mol. The maximum absolute atomic E-state index is 11.8. The zero-order valence-corrected chi connectivity index (χ0v) is 13.5. The molecule has 0 saturated heterocycles. The van der Waals surface area contributed by atoms with Gasteiger partial charge in [0.2, 0.25) is 0 Å². The predicted octanol–water partition coefficient (Wildman–Crippen LogP) is 3.04. The molecule has 0 saturated carbocycles. The second-order valence-electron chi connectivity index (χ2n) is 5.31. The first-order valence-electron chi connectivity index (χ1n) is 7.46. The summed E-state index contributed by atoms with van der Waals surface area (Å²) in [5, 5.41) is 8.88. The van der Waals surface area contributed by atoms with E-state index >= 15 is 0 Å². The molecule has 0 atom stereocenters. The molecule has 0 unspecified atom stereocenters. The van der Waals surface area contributed by atoms with Crippen molar-refractivity contribution >= 4 is 34.9 Å². The van der Waals surface area contributed by atoms with Gasteiger partial charge < -0.3 is 20.7 Å². The van der Waals surface area contributed by atoms with Crippen LogP contribution < -0.4 is 20.7 Å². The lowest BCUT2D eigenvalue weighted by molar-refractivity contribution is -0.118. The molecular weight excluding hydrogens is 330 g/mol. The smallest absolute Gasteiger partial charge is 0.319 e. The Balaban J connectivity index is 1.49. The van der Waals surface area contributed by atoms with Crippen LogP contribution in [0.25, 0.3) is 0 Å². The molecule has 1 aliphatic rings. The van der Waals surface area contributed by atoms with Gasteiger partial charge in [-0.15, -0.1) is 0 Å². The van der Waals surface area contributed by atoms with Crippen molar-refractivity contribution in [2.45, 2.75) is 6.42 Å². The number of rotatable bonds is 4. The molecule has 1 aliphatic heterocycles. The van der Waals surface area contributed by atoms with Crippen LogP contribution in [0.4, 0.5) is 16.2 Å². The number of halogens is 1. The second kappa shape index (κ2) is 7.23. The van der Waals surface area contributed by atoms with Gasteiger partial charge in [-0.3, -0.25) is 4.79 Å². The van der Waals surface area contributed by atoms with Crippen molar-refractivity contribution in [2.75, 3.05) is 23.8 Å². The number of carbonyl (C=O) groups is 2. The molecule has 0 fully saturated rings. The van der Waals surface area contributed by atoms with Gasteiger partial charge in [0.25, 0.3) is 5.91 Å². The van der Waals surface area contributed by atoms with Crippen molar-refractivity contribution in [3.63, 3.8) is 0 Å². The molecule has 0 spiro atoms. The van der Waals surface area contributed by atoms with Gasteiger partial charge in [-0.1, -0.05) is 17.7 Å². The summed E-state index contributed by atoms with van der Waals surface area (Å²) in [7, 11) is 0. The van der Waals surface area contributed by atoms with Crippen LogP contribution in [0.5, 0.6) is 5.75 Å². The van der Waals surface area contributed by atoms with Crippen molar-refractivity contribution < 1.29 is 14.3 Å². The molecule has 24 heavy (non-hydrogen) atoms. The van der Waals surface area contributed by atoms with E-state index in [2.05, 4.69) is 16.0 Å². The van der Waals surface area contributed by atoms with Crippen molar-refractivity contribution in [1.82, 2.24) is 5.32 Å². The van der Waals surface area contributed by atoms with Crippen molar-refractivity contribution in [3.8, 4) is 5.75 Å². The summed E-state index contributed by atoms with van der Waals surface area (Å²) in [4.78, 5) is 23.2. The molecule has 0 bridgehead atoms. The third-order valence-electron chi connectivity index (χ3n) is 3.48. The molecule has 1 heterocycles. The van der Waals surface area contributed by atoms with Crippen LogP contribution >= 0.6 is 11.6 Å². The molecule has 6 nitrogen and oxygen atoms in total. The third kappa shape index (κ3) is 4.17. The summed E-state index contributed by atoms with van der Waals surface area (Å²) in [5.74, 6) is 0.493. The number of nitrogens with one attached hydrogen (secondary N) is 3. The van der Waals surface area contributed by atoms with Crippen LogP contribution in [0.1, 0.15) is 5.56 Å². The Bertz CT molecular complexity index is 762. The number of carbonyl (C=O) groups excluding carboxylic acids is 2. The Kier molecular flexibility index (Phi) is 4.86. The minimum atomic E-state index is -0.285. The number of amides is 3. The third-order valence-corrected chi connectivity index (χ3v) is 3.73. The fraction of sp³-hybridized carbons (Fsp3) is 0.176. The highest BCUT2D eigenvalue weighted by Crippen LogP contribution is 2.28. The highest BCUT2D eigenvalue weighted by Gasteiger charge is 2.15. The van der Waals surface area contributed by atoms with E-state index in [9.17, 15) is 9.59 Å². The number of benzene rings is 2. The van der Waals surface area contributed by atoms with Gasteiger partial charge >= 0.3 is 6.03 Å². The second-order valence-corrected chi connectivity index (χ2v) is 5.74. The van der Waals surface area contributed by atoms with Crippen molar-refractivity contribution in [2.24, 2.45) is 0 Å². The average Bonchev–Trinajstić information content (AvgIpc) is 2.56. The normalized spacial score (nSPS) is 12.6. The molecule has 3 amide bonds. The molecule has 0 aliphatic carbocycles. The standard InChI is InChI=1S/C17H16ClN3O3/c18-12-2-4-13(5-3-12)20-17(23)19-8-7-11-1-6-15-14(9-11)21-16(22)10-24-15/h1-6,9H,7-8,10H2,(H,21,22)(H2,19,20,23). The molecule has 3 rings (SSSR count). The Morgan fingerprint density at radius 1 is 1.21 bits per heavy atom. The summed E-state index contributed by atoms with van der Waals surface area (Å²) < 4.78 is 5.31. The lowest BCUT2D eigenvalue weighted by Crippen LogP contribution is -2.30. The van der Waals surface area contributed by atoms with Gasteiger partial charge in [0.1, 0.15) is 5.75 Å². The van der Waals surface area contributed by atoms with E-state index in [-0.39, 0.29) is 18.5 Å². The van der Waals surface area contributed by atoms with Gasteiger partial charge in [-0.05, 0) is 48.4 Å². The number of hydrogen-bond acceptors (Lipinski definition) is 3. The minimum absolute atomic E-state index is 0.0404. The summed E-state index contributed by atoms with van der Waals surface area (Å²) >= 11 is 5.80. The van der Waals surface area contributed by atoms with Crippen LogP contribution in [0.15, 0.2) is 42.5 Å². The topological polar surface area (TPSA) is 79.5 Å². The number of anilines is 2. The predicted molar refractivity (Wildman–Crippen MR) is 92.7 cm³/mol. The first-order chi connectivity index (χ1) is 11.6. The van der Waals surface area contributed by atoms with E-state index < -0.39 is 0 Å². The fourth-order valence-electron chi connectivity index (χ4n) is 2.31. The van der Waals surface area contributed by atoms with Gasteiger partial charge in [0, 0.05) is 17.3 Å². The van der Waals surface area contributed by atoms with E-state index in [1.54, 1.807) is 24.3 Å². The molecule has 0 aromatic heterocycles. The zero-order valence-electron chi connectivity index (χ0n) is 12.8. The molecule has 2 aromatic carbocycles. The number of hydrogen-bond donors (Lipinski definition) is 3. The number of fused-ring (bicyclic) bond motifs is 1. The highest BCUT2D eigenvalue weighted by molar-refractivity contribution is 6.30. The molecule has 0 radical (unpaired) electrons. The quantitative estimate of drug-likeness (QED) is 0.796. The molecular formula is C17H16ClN3O3. The number of ether oxygens (including phenoxy) is 1. The molecule has 124 valence electrons. The van der Waals surface area contributed by atoms with Crippen LogP contribution in [0, 0.1) is 0 Å². The van der Waals surface area contributed by atoms with Crippen LogP contribution in [-0.2, 0) is 11.2 Å². The van der Waals surface area contributed by atoms with Gasteiger partial charge in [0.05, 0.1) is 5.69 Å². The maximum Gasteiger partial charge on any atom is 0.319 e. The fourth-order valence-corrected chi connectivity index (χ4v) is 2.44. The SMILES string of the molecule is O=C1COc2ccc(CCNC(=O)Nc3ccc(Cl)cc3)cc2N1. The van der Waals surface area contributed by atoms with E-state index in [1.165, 1.54) is 0 Å². The summed E-state index contributed by atoms with van der Waals surface area (Å²) in [5.41, 5.74) is 2.33. The lowest BCUT2D eigenvalue weighted by atomic mass is 10.1. The summed E-state index contributed by atoms with van der Waals surface area (Å²) in [6, 6.07) is 12.2. The molecule has 2 aromatic rings.